The van der Waals surface area contributed by atoms with Crippen LogP contribution in [0.1, 0.15) is 18.5 Å². The van der Waals surface area contributed by atoms with Crippen molar-refractivity contribution in [1.82, 2.24) is 5.32 Å². The number of rotatable bonds is 4. The highest BCUT2D eigenvalue weighted by Gasteiger charge is 2.07. The van der Waals surface area contributed by atoms with Crippen LogP contribution in [0.25, 0.3) is 0 Å². The highest BCUT2D eigenvalue weighted by molar-refractivity contribution is 5.22. The molecule has 0 fully saturated rings. The number of aliphatic hydroxyl groups is 1. The molecule has 0 aliphatic rings. The van der Waals surface area contributed by atoms with Gasteiger partial charge in [0.1, 0.15) is 6.23 Å². The molecule has 0 aliphatic heterocycles. The average molecular weight is 177 g/mol. The van der Waals surface area contributed by atoms with Gasteiger partial charge in [0.2, 0.25) is 0 Å². The molecule has 2 atom stereocenters. The lowest BCUT2D eigenvalue weighted by Gasteiger charge is -2.16. The summed E-state index contributed by atoms with van der Waals surface area (Å²) in [5.74, 6) is 0. The zero-order chi connectivity index (χ0) is 9.68. The van der Waals surface area contributed by atoms with E-state index >= 15 is 0 Å². The largest absolute Gasteiger partial charge is 0.379 e. The van der Waals surface area contributed by atoms with Gasteiger partial charge in [-0.15, -0.1) is 6.58 Å². The van der Waals surface area contributed by atoms with E-state index in [9.17, 15) is 0 Å². The topological polar surface area (TPSA) is 32.3 Å². The van der Waals surface area contributed by atoms with Gasteiger partial charge in [0.05, 0.1) is 6.04 Å². The normalized spacial score (nSPS) is 14.9. The summed E-state index contributed by atoms with van der Waals surface area (Å²) in [6.45, 7) is 5.41. The number of aliphatic hydroxyl groups excluding tert-OH is 1. The smallest absolute Gasteiger partial charge is 0.102 e. The molecular formula is C11H15NO. The maximum atomic E-state index is 9.16. The van der Waals surface area contributed by atoms with Crippen LogP contribution < -0.4 is 5.32 Å². The Kier molecular flexibility index (Phi) is 3.68. The second-order valence-corrected chi connectivity index (χ2v) is 2.97. The van der Waals surface area contributed by atoms with Gasteiger partial charge < -0.3 is 5.11 Å². The van der Waals surface area contributed by atoms with Crippen LogP contribution in [0.2, 0.25) is 0 Å². The highest BCUT2D eigenvalue weighted by Crippen LogP contribution is 2.13. The first-order valence-electron chi connectivity index (χ1n) is 4.35. The lowest BCUT2D eigenvalue weighted by atomic mass is 10.1. The van der Waals surface area contributed by atoms with E-state index in [-0.39, 0.29) is 6.04 Å². The second-order valence-electron chi connectivity index (χ2n) is 2.97. The quantitative estimate of drug-likeness (QED) is 0.543. The van der Waals surface area contributed by atoms with Crippen molar-refractivity contribution in [2.24, 2.45) is 0 Å². The third-order valence-corrected chi connectivity index (χ3v) is 1.82. The van der Waals surface area contributed by atoms with E-state index in [1.54, 1.807) is 13.0 Å². The molecule has 0 bridgehead atoms. The molecule has 13 heavy (non-hydrogen) atoms. The Bertz CT molecular complexity index is 256. The second kappa shape index (κ2) is 4.80. The van der Waals surface area contributed by atoms with Crippen molar-refractivity contribution in [1.29, 1.82) is 0 Å². The lowest BCUT2D eigenvalue weighted by molar-refractivity contribution is 0.148. The molecule has 2 nitrogen and oxygen atoms in total. The van der Waals surface area contributed by atoms with Crippen LogP contribution in [-0.4, -0.2) is 11.3 Å². The van der Waals surface area contributed by atoms with Crippen LogP contribution in [0.4, 0.5) is 0 Å². The van der Waals surface area contributed by atoms with Gasteiger partial charge in [0, 0.05) is 0 Å². The van der Waals surface area contributed by atoms with E-state index in [1.165, 1.54) is 0 Å². The zero-order valence-corrected chi connectivity index (χ0v) is 7.77. The molecule has 2 heteroatoms. The SMILES string of the molecule is C=CC(NC(C)O)c1ccccc1. The summed E-state index contributed by atoms with van der Waals surface area (Å²) in [4.78, 5) is 0. The van der Waals surface area contributed by atoms with E-state index < -0.39 is 6.23 Å². The molecule has 1 aromatic rings. The molecule has 2 N–H and O–H groups in total. The van der Waals surface area contributed by atoms with Crippen LogP contribution in [0.3, 0.4) is 0 Å². The summed E-state index contributed by atoms with van der Waals surface area (Å²) in [5, 5.41) is 12.1. The summed E-state index contributed by atoms with van der Waals surface area (Å²) in [5.41, 5.74) is 1.11. The summed E-state index contributed by atoms with van der Waals surface area (Å²) < 4.78 is 0. The molecule has 1 rings (SSSR count). The number of nitrogens with one attached hydrogen (secondary N) is 1. The fourth-order valence-electron chi connectivity index (χ4n) is 1.22. The van der Waals surface area contributed by atoms with Gasteiger partial charge in [-0.3, -0.25) is 5.32 Å². The number of benzene rings is 1. The van der Waals surface area contributed by atoms with Crippen molar-refractivity contribution < 1.29 is 5.11 Å². The molecule has 0 spiro atoms. The Labute approximate surface area is 78.9 Å². The van der Waals surface area contributed by atoms with Crippen molar-refractivity contribution in [2.45, 2.75) is 19.2 Å². The first kappa shape index (κ1) is 9.96. The van der Waals surface area contributed by atoms with Crippen molar-refractivity contribution in [3.63, 3.8) is 0 Å². The van der Waals surface area contributed by atoms with Gasteiger partial charge in [-0.2, -0.15) is 0 Å². The monoisotopic (exact) mass is 177 g/mol. The number of hydrogen-bond donors (Lipinski definition) is 2. The molecule has 0 amide bonds. The maximum absolute atomic E-state index is 9.16. The molecule has 1 aromatic carbocycles. The first-order chi connectivity index (χ1) is 6.24. The van der Waals surface area contributed by atoms with Crippen molar-refractivity contribution in [3.05, 3.63) is 48.6 Å². The molecule has 70 valence electrons. The standard InChI is InChI=1S/C11H15NO/c1-3-11(12-9(2)13)10-7-5-4-6-8-10/h3-9,11-13H,1H2,2H3. The summed E-state index contributed by atoms with van der Waals surface area (Å²) in [7, 11) is 0. The molecule has 0 saturated carbocycles. The predicted octanol–water partition coefficient (Wildman–Crippen LogP) is 1.84. The van der Waals surface area contributed by atoms with Gasteiger partial charge in [0.25, 0.3) is 0 Å². The molecular weight excluding hydrogens is 162 g/mol. The molecule has 0 saturated heterocycles. The molecule has 0 aliphatic carbocycles. The van der Waals surface area contributed by atoms with E-state index in [0.29, 0.717) is 0 Å². The van der Waals surface area contributed by atoms with Gasteiger partial charge >= 0.3 is 0 Å². The molecule has 0 aromatic heterocycles. The molecule has 2 unspecified atom stereocenters. The van der Waals surface area contributed by atoms with E-state index in [0.717, 1.165) is 5.56 Å². The van der Waals surface area contributed by atoms with Crippen molar-refractivity contribution >= 4 is 0 Å². The summed E-state index contributed by atoms with van der Waals surface area (Å²) in [6, 6.07) is 9.92. The van der Waals surface area contributed by atoms with Crippen molar-refractivity contribution in [3.8, 4) is 0 Å². The van der Waals surface area contributed by atoms with Crippen LogP contribution in [-0.2, 0) is 0 Å². The Morgan fingerprint density at radius 1 is 1.38 bits per heavy atom. The predicted molar refractivity (Wildman–Crippen MR) is 54.2 cm³/mol. The number of hydrogen-bond acceptors (Lipinski definition) is 2. The molecule has 0 heterocycles. The van der Waals surface area contributed by atoms with Gasteiger partial charge in [-0.25, -0.2) is 0 Å². The van der Waals surface area contributed by atoms with E-state index in [2.05, 4.69) is 11.9 Å². The minimum atomic E-state index is -0.525. The Morgan fingerprint density at radius 2 is 2.00 bits per heavy atom. The average Bonchev–Trinajstić information content (AvgIpc) is 2.15. The summed E-state index contributed by atoms with van der Waals surface area (Å²) in [6.07, 6.45) is 1.26. The van der Waals surface area contributed by atoms with Crippen LogP contribution >= 0.6 is 0 Å². The van der Waals surface area contributed by atoms with Crippen LogP contribution in [0.15, 0.2) is 43.0 Å². The third kappa shape index (κ3) is 3.01. The highest BCUT2D eigenvalue weighted by atomic mass is 16.3. The van der Waals surface area contributed by atoms with Gasteiger partial charge in [-0.05, 0) is 12.5 Å². The summed E-state index contributed by atoms with van der Waals surface area (Å²) >= 11 is 0. The Balaban J connectivity index is 2.73. The van der Waals surface area contributed by atoms with E-state index in [4.69, 9.17) is 5.11 Å². The minimum absolute atomic E-state index is 0.0150. The fourth-order valence-corrected chi connectivity index (χ4v) is 1.22. The van der Waals surface area contributed by atoms with E-state index in [1.807, 2.05) is 30.3 Å². The minimum Gasteiger partial charge on any atom is -0.379 e. The third-order valence-electron chi connectivity index (χ3n) is 1.82. The Hall–Kier alpha value is -1.12. The zero-order valence-electron chi connectivity index (χ0n) is 7.77. The van der Waals surface area contributed by atoms with Gasteiger partial charge in [-0.1, -0.05) is 36.4 Å². The Morgan fingerprint density at radius 3 is 2.46 bits per heavy atom. The molecule has 0 radical (unpaired) electrons. The van der Waals surface area contributed by atoms with Crippen molar-refractivity contribution in [2.75, 3.05) is 0 Å². The van der Waals surface area contributed by atoms with Crippen LogP contribution in [0.5, 0.6) is 0 Å². The lowest BCUT2D eigenvalue weighted by Crippen LogP contribution is -2.28. The van der Waals surface area contributed by atoms with Gasteiger partial charge in [0.15, 0.2) is 0 Å². The maximum Gasteiger partial charge on any atom is 0.102 e. The van der Waals surface area contributed by atoms with Crippen LogP contribution in [0, 0.1) is 0 Å². The fraction of sp³-hybridized carbons (Fsp3) is 0.273. The first-order valence-corrected chi connectivity index (χ1v) is 4.35.